The fourth-order valence-electron chi connectivity index (χ4n) is 5.58. The molecule has 6 nitrogen and oxygen atoms in total. The van der Waals surface area contributed by atoms with Gasteiger partial charge in [-0.05, 0) is 69.1 Å². The van der Waals surface area contributed by atoms with Crippen molar-refractivity contribution in [3.8, 4) is 11.5 Å². The Morgan fingerprint density at radius 2 is 1.85 bits per heavy atom. The number of Topliss-reactive ketones (excluding diaryl/α,β-unsaturated/α-hetero) is 1. The first-order valence-electron chi connectivity index (χ1n) is 12.5. The molecule has 1 aromatic carbocycles. The van der Waals surface area contributed by atoms with Crippen LogP contribution >= 0.6 is 0 Å². The highest BCUT2D eigenvalue weighted by Crippen LogP contribution is 2.48. The summed E-state index contributed by atoms with van der Waals surface area (Å²) in [4.78, 5) is 27.1. The number of esters is 1. The van der Waals surface area contributed by atoms with E-state index in [2.05, 4.69) is 19.2 Å². The molecule has 1 heterocycles. The molecule has 0 bridgehead atoms. The van der Waals surface area contributed by atoms with Gasteiger partial charge in [0, 0.05) is 29.3 Å². The number of ketones is 1. The van der Waals surface area contributed by atoms with E-state index in [-0.39, 0.29) is 23.3 Å². The van der Waals surface area contributed by atoms with Gasteiger partial charge < -0.3 is 19.5 Å². The molecular weight excluding hydrogens is 430 g/mol. The number of dihydropyridines is 1. The van der Waals surface area contributed by atoms with E-state index < -0.39 is 5.92 Å². The molecule has 184 valence electrons. The zero-order valence-corrected chi connectivity index (χ0v) is 21.1. The molecule has 34 heavy (non-hydrogen) atoms. The van der Waals surface area contributed by atoms with Gasteiger partial charge in [-0.3, -0.25) is 4.79 Å². The van der Waals surface area contributed by atoms with Crippen LogP contribution in [0.2, 0.25) is 0 Å². The average Bonchev–Trinajstić information content (AvgIpc) is 2.78. The molecule has 0 amide bonds. The van der Waals surface area contributed by atoms with Crippen molar-refractivity contribution in [2.24, 2.45) is 5.41 Å². The third kappa shape index (κ3) is 4.86. The first kappa shape index (κ1) is 24.4. The maximum absolute atomic E-state index is 13.6. The molecular formula is C28H37NO5. The fraction of sp³-hybridized carbons (Fsp3) is 0.571. The van der Waals surface area contributed by atoms with Crippen molar-refractivity contribution in [3.63, 3.8) is 0 Å². The number of ether oxygens (including phenoxy) is 3. The summed E-state index contributed by atoms with van der Waals surface area (Å²) in [7, 11) is 1.60. The summed E-state index contributed by atoms with van der Waals surface area (Å²) >= 11 is 0. The molecule has 1 unspecified atom stereocenters. The number of hydrogen-bond acceptors (Lipinski definition) is 6. The standard InChI is InChI=1S/C28H37NO5/c1-6-33-22-13-12-18(14-23(22)32-5)25-24(27(31)34-19-10-8-7-9-11-19)17(2)29-20-15-28(3,4)16-21(30)26(20)25/h12-14,19,25,29H,6-11,15-16H2,1-5H3. The summed E-state index contributed by atoms with van der Waals surface area (Å²) in [6, 6.07) is 5.68. The van der Waals surface area contributed by atoms with Gasteiger partial charge in [0.1, 0.15) is 6.10 Å². The van der Waals surface area contributed by atoms with Crippen LogP contribution in [0.3, 0.4) is 0 Å². The lowest BCUT2D eigenvalue weighted by molar-refractivity contribution is -0.146. The van der Waals surface area contributed by atoms with Crippen LogP contribution in [0.15, 0.2) is 40.7 Å². The normalized spacial score (nSPS) is 22.7. The molecule has 1 N–H and O–H groups in total. The molecule has 2 aliphatic carbocycles. The molecule has 1 atom stereocenters. The maximum Gasteiger partial charge on any atom is 0.337 e. The van der Waals surface area contributed by atoms with Crippen molar-refractivity contribution in [1.82, 2.24) is 5.32 Å². The predicted molar refractivity (Wildman–Crippen MR) is 131 cm³/mol. The molecule has 1 saturated carbocycles. The number of allylic oxidation sites excluding steroid dienone is 3. The van der Waals surface area contributed by atoms with Gasteiger partial charge in [-0.2, -0.15) is 0 Å². The number of rotatable bonds is 6. The quantitative estimate of drug-likeness (QED) is 0.551. The Morgan fingerprint density at radius 1 is 1.12 bits per heavy atom. The van der Waals surface area contributed by atoms with Crippen LogP contribution in [0.5, 0.6) is 11.5 Å². The highest BCUT2D eigenvalue weighted by atomic mass is 16.5. The minimum Gasteiger partial charge on any atom is -0.493 e. The number of benzene rings is 1. The van der Waals surface area contributed by atoms with Gasteiger partial charge in [0.05, 0.1) is 19.3 Å². The number of nitrogens with one attached hydrogen (secondary N) is 1. The van der Waals surface area contributed by atoms with E-state index in [1.165, 1.54) is 6.42 Å². The van der Waals surface area contributed by atoms with E-state index in [4.69, 9.17) is 14.2 Å². The first-order chi connectivity index (χ1) is 16.2. The van der Waals surface area contributed by atoms with E-state index in [9.17, 15) is 9.59 Å². The number of carbonyl (C=O) groups is 2. The van der Waals surface area contributed by atoms with Crippen LogP contribution in [0.4, 0.5) is 0 Å². The molecule has 0 aromatic heterocycles. The van der Waals surface area contributed by atoms with Crippen LogP contribution in [-0.4, -0.2) is 31.6 Å². The van der Waals surface area contributed by atoms with Gasteiger partial charge in [-0.25, -0.2) is 4.79 Å². The molecule has 4 rings (SSSR count). The Labute approximate surface area is 202 Å². The smallest absolute Gasteiger partial charge is 0.337 e. The van der Waals surface area contributed by atoms with E-state index >= 15 is 0 Å². The maximum atomic E-state index is 13.6. The van der Waals surface area contributed by atoms with Gasteiger partial charge in [-0.15, -0.1) is 0 Å². The van der Waals surface area contributed by atoms with Crippen LogP contribution < -0.4 is 14.8 Å². The summed E-state index contributed by atoms with van der Waals surface area (Å²) in [6.45, 7) is 8.57. The lowest BCUT2D eigenvalue weighted by Gasteiger charge is -2.39. The van der Waals surface area contributed by atoms with E-state index in [1.54, 1.807) is 7.11 Å². The Hall–Kier alpha value is -2.76. The molecule has 0 spiro atoms. The molecule has 0 radical (unpaired) electrons. The van der Waals surface area contributed by atoms with E-state index in [1.807, 2.05) is 32.0 Å². The number of hydrogen-bond donors (Lipinski definition) is 1. The molecule has 0 saturated heterocycles. The third-order valence-electron chi connectivity index (χ3n) is 7.11. The van der Waals surface area contributed by atoms with Gasteiger partial charge in [0.15, 0.2) is 17.3 Å². The monoisotopic (exact) mass is 467 g/mol. The predicted octanol–water partition coefficient (Wildman–Crippen LogP) is 5.57. The lowest BCUT2D eigenvalue weighted by atomic mass is 9.68. The summed E-state index contributed by atoms with van der Waals surface area (Å²) in [5, 5.41) is 3.41. The summed E-state index contributed by atoms with van der Waals surface area (Å²) in [6.07, 6.45) is 6.28. The average molecular weight is 468 g/mol. The first-order valence-corrected chi connectivity index (χ1v) is 12.5. The number of methoxy groups -OCH3 is 1. The molecule has 6 heteroatoms. The van der Waals surface area contributed by atoms with E-state index in [0.717, 1.165) is 49.1 Å². The fourth-order valence-corrected chi connectivity index (χ4v) is 5.58. The van der Waals surface area contributed by atoms with Crippen molar-refractivity contribution >= 4 is 11.8 Å². The second kappa shape index (κ2) is 9.85. The second-order valence-electron chi connectivity index (χ2n) is 10.4. The topological polar surface area (TPSA) is 73.9 Å². The molecule has 3 aliphatic rings. The third-order valence-corrected chi connectivity index (χ3v) is 7.11. The highest BCUT2D eigenvalue weighted by Gasteiger charge is 2.43. The number of carbonyl (C=O) groups excluding carboxylic acids is 2. The zero-order chi connectivity index (χ0) is 24.5. The SMILES string of the molecule is CCOc1ccc(C2C(C(=O)OC3CCCCC3)=C(C)NC3=C2C(=O)CC(C)(C)C3)cc1OC. The molecule has 1 fully saturated rings. The van der Waals surface area contributed by atoms with Gasteiger partial charge in [0.2, 0.25) is 0 Å². The Kier molecular flexibility index (Phi) is 7.06. The largest absolute Gasteiger partial charge is 0.493 e. The Bertz CT molecular complexity index is 1030. The van der Waals surface area contributed by atoms with Gasteiger partial charge in [0.25, 0.3) is 0 Å². The zero-order valence-electron chi connectivity index (χ0n) is 21.1. The second-order valence-corrected chi connectivity index (χ2v) is 10.4. The van der Waals surface area contributed by atoms with Crippen molar-refractivity contribution in [3.05, 3.63) is 46.3 Å². The van der Waals surface area contributed by atoms with Gasteiger partial charge >= 0.3 is 5.97 Å². The van der Waals surface area contributed by atoms with Crippen molar-refractivity contribution in [1.29, 1.82) is 0 Å². The molecule has 1 aliphatic heterocycles. The Balaban J connectivity index is 1.79. The van der Waals surface area contributed by atoms with Crippen LogP contribution in [0.25, 0.3) is 0 Å². The minimum atomic E-state index is -0.500. The van der Waals surface area contributed by atoms with Crippen molar-refractivity contribution in [2.75, 3.05) is 13.7 Å². The highest BCUT2D eigenvalue weighted by molar-refractivity contribution is 6.04. The van der Waals surface area contributed by atoms with Crippen molar-refractivity contribution in [2.45, 2.75) is 84.7 Å². The minimum absolute atomic E-state index is 0.0616. The van der Waals surface area contributed by atoms with Crippen LogP contribution in [-0.2, 0) is 14.3 Å². The van der Waals surface area contributed by atoms with Crippen molar-refractivity contribution < 1.29 is 23.8 Å². The van der Waals surface area contributed by atoms with E-state index in [0.29, 0.717) is 35.7 Å². The summed E-state index contributed by atoms with van der Waals surface area (Å²) in [5.74, 6) is 0.466. The Morgan fingerprint density at radius 3 is 2.53 bits per heavy atom. The summed E-state index contributed by atoms with van der Waals surface area (Å²) in [5.41, 5.74) is 3.55. The van der Waals surface area contributed by atoms with Gasteiger partial charge in [-0.1, -0.05) is 26.3 Å². The van der Waals surface area contributed by atoms with Crippen LogP contribution in [0, 0.1) is 5.41 Å². The molecule has 1 aromatic rings. The lowest BCUT2D eigenvalue weighted by Crippen LogP contribution is -2.39. The summed E-state index contributed by atoms with van der Waals surface area (Å²) < 4.78 is 17.3. The van der Waals surface area contributed by atoms with Crippen LogP contribution in [0.1, 0.15) is 84.1 Å².